The van der Waals surface area contributed by atoms with Gasteiger partial charge in [0.05, 0.1) is 7.11 Å². The van der Waals surface area contributed by atoms with Crippen molar-refractivity contribution in [2.24, 2.45) is 0 Å². The molecule has 1 aliphatic heterocycles. The number of hydrogen-bond acceptors (Lipinski definition) is 3. The molecule has 1 aliphatic rings. The van der Waals surface area contributed by atoms with E-state index in [9.17, 15) is 0 Å². The highest BCUT2D eigenvalue weighted by molar-refractivity contribution is 5.50. The van der Waals surface area contributed by atoms with Crippen molar-refractivity contribution >= 4 is 0 Å². The Morgan fingerprint density at radius 3 is 2.76 bits per heavy atom. The van der Waals surface area contributed by atoms with Crippen LogP contribution in [0.25, 0.3) is 0 Å². The molecule has 21 heavy (non-hydrogen) atoms. The quantitative estimate of drug-likeness (QED) is 0.858. The monoisotopic (exact) mass is 283 g/mol. The average molecular weight is 283 g/mol. The van der Waals surface area contributed by atoms with Crippen LogP contribution in [0.15, 0.2) is 42.5 Å². The number of benzene rings is 2. The lowest BCUT2D eigenvalue weighted by molar-refractivity contribution is 0.0930. The molecule has 0 saturated carbocycles. The van der Waals surface area contributed by atoms with E-state index in [4.69, 9.17) is 9.47 Å². The lowest BCUT2D eigenvalue weighted by Gasteiger charge is -2.30. The SMILES string of the molecule is COc1cc(C)cc2c1OCN(CCc1ccccc1)C2. The predicted molar refractivity (Wildman–Crippen MR) is 83.8 cm³/mol. The van der Waals surface area contributed by atoms with Crippen molar-refractivity contribution in [2.45, 2.75) is 19.9 Å². The third-order valence-electron chi connectivity index (χ3n) is 3.84. The van der Waals surface area contributed by atoms with Crippen molar-refractivity contribution in [2.75, 3.05) is 20.4 Å². The minimum absolute atomic E-state index is 0.624. The number of hydrogen-bond donors (Lipinski definition) is 0. The van der Waals surface area contributed by atoms with Gasteiger partial charge in [-0.2, -0.15) is 0 Å². The Hall–Kier alpha value is -2.00. The summed E-state index contributed by atoms with van der Waals surface area (Å²) in [6.45, 7) is 4.63. The standard InChI is InChI=1S/C18H21NO2/c1-14-10-16-12-19(9-8-15-6-4-3-5-7-15)13-21-18(16)17(11-14)20-2/h3-7,10-11H,8-9,12-13H2,1-2H3. The third-order valence-corrected chi connectivity index (χ3v) is 3.84. The Bertz CT molecular complexity index is 610. The normalized spacial score (nSPS) is 14.4. The smallest absolute Gasteiger partial charge is 0.167 e. The molecule has 2 aromatic rings. The molecule has 2 aromatic carbocycles. The van der Waals surface area contributed by atoms with E-state index in [2.05, 4.69) is 48.2 Å². The highest BCUT2D eigenvalue weighted by Gasteiger charge is 2.21. The van der Waals surface area contributed by atoms with Crippen LogP contribution in [0.2, 0.25) is 0 Å². The zero-order valence-corrected chi connectivity index (χ0v) is 12.6. The highest BCUT2D eigenvalue weighted by Crippen LogP contribution is 2.36. The molecule has 0 bridgehead atoms. The Morgan fingerprint density at radius 2 is 2.00 bits per heavy atom. The van der Waals surface area contributed by atoms with E-state index in [0.717, 1.165) is 31.0 Å². The van der Waals surface area contributed by atoms with Crippen LogP contribution in [0.1, 0.15) is 16.7 Å². The first-order chi connectivity index (χ1) is 10.3. The fourth-order valence-corrected chi connectivity index (χ4v) is 2.76. The zero-order valence-electron chi connectivity index (χ0n) is 12.6. The van der Waals surface area contributed by atoms with E-state index in [-0.39, 0.29) is 0 Å². The van der Waals surface area contributed by atoms with Gasteiger partial charge in [0.1, 0.15) is 6.73 Å². The van der Waals surface area contributed by atoms with Crippen LogP contribution in [-0.4, -0.2) is 25.3 Å². The second-order valence-electron chi connectivity index (χ2n) is 5.52. The van der Waals surface area contributed by atoms with Crippen molar-refractivity contribution in [3.63, 3.8) is 0 Å². The fraction of sp³-hybridized carbons (Fsp3) is 0.333. The average Bonchev–Trinajstić information content (AvgIpc) is 2.52. The first-order valence-electron chi connectivity index (χ1n) is 7.33. The van der Waals surface area contributed by atoms with Crippen molar-refractivity contribution < 1.29 is 9.47 Å². The van der Waals surface area contributed by atoms with Gasteiger partial charge in [0.25, 0.3) is 0 Å². The maximum Gasteiger partial charge on any atom is 0.167 e. The third kappa shape index (κ3) is 3.19. The van der Waals surface area contributed by atoms with Crippen LogP contribution in [-0.2, 0) is 13.0 Å². The Labute approximate surface area is 126 Å². The lowest BCUT2D eigenvalue weighted by Crippen LogP contribution is -2.33. The number of methoxy groups -OCH3 is 1. The van der Waals surface area contributed by atoms with Gasteiger partial charge in [-0.05, 0) is 30.5 Å². The lowest BCUT2D eigenvalue weighted by atomic mass is 10.1. The topological polar surface area (TPSA) is 21.7 Å². The molecule has 0 saturated heterocycles. The maximum absolute atomic E-state index is 5.90. The largest absolute Gasteiger partial charge is 0.493 e. The zero-order chi connectivity index (χ0) is 14.7. The predicted octanol–water partition coefficient (Wildman–Crippen LogP) is 3.40. The molecule has 110 valence electrons. The fourth-order valence-electron chi connectivity index (χ4n) is 2.76. The first-order valence-corrected chi connectivity index (χ1v) is 7.33. The summed E-state index contributed by atoms with van der Waals surface area (Å²) in [5.74, 6) is 1.74. The van der Waals surface area contributed by atoms with Crippen molar-refractivity contribution in [3.05, 3.63) is 59.2 Å². The number of ether oxygens (including phenoxy) is 2. The highest BCUT2D eigenvalue weighted by atomic mass is 16.5. The van der Waals surface area contributed by atoms with E-state index in [0.29, 0.717) is 6.73 Å². The minimum atomic E-state index is 0.624. The molecule has 0 unspecified atom stereocenters. The second kappa shape index (κ2) is 6.19. The van der Waals surface area contributed by atoms with Gasteiger partial charge in [0.2, 0.25) is 0 Å². The number of fused-ring (bicyclic) bond motifs is 1. The molecule has 0 fully saturated rings. The van der Waals surface area contributed by atoms with Gasteiger partial charge in [0, 0.05) is 18.7 Å². The van der Waals surface area contributed by atoms with Gasteiger partial charge in [-0.15, -0.1) is 0 Å². The minimum Gasteiger partial charge on any atom is -0.493 e. The van der Waals surface area contributed by atoms with Crippen molar-refractivity contribution in [1.29, 1.82) is 0 Å². The molecule has 0 amide bonds. The van der Waals surface area contributed by atoms with E-state index in [1.54, 1.807) is 7.11 Å². The van der Waals surface area contributed by atoms with Crippen LogP contribution in [0, 0.1) is 6.92 Å². The molecule has 0 atom stereocenters. The summed E-state index contributed by atoms with van der Waals surface area (Å²) < 4.78 is 11.3. The molecule has 3 heteroatoms. The van der Waals surface area contributed by atoms with Gasteiger partial charge < -0.3 is 9.47 Å². The first kappa shape index (κ1) is 14.0. The van der Waals surface area contributed by atoms with Crippen LogP contribution in [0.4, 0.5) is 0 Å². The van der Waals surface area contributed by atoms with E-state index in [1.165, 1.54) is 16.7 Å². The summed E-state index contributed by atoms with van der Waals surface area (Å²) in [5.41, 5.74) is 3.79. The summed E-state index contributed by atoms with van der Waals surface area (Å²) in [6.07, 6.45) is 1.04. The van der Waals surface area contributed by atoms with Crippen molar-refractivity contribution in [1.82, 2.24) is 4.90 Å². The molecule has 0 aliphatic carbocycles. The molecule has 1 heterocycles. The van der Waals surface area contributed by atoms with E-state index >= 15 is 0 Å². The summed E-state index contributed by atoms with van der Waals surface area (Å²) >= 11 is 0. The summed E-state index contributed by atoms with van der Waals surface area (Å²) in [6, 6.07) is 14.8. The van der Waals surface area contributed by atoms with Crippen LogP contribution in [0.5, 0.6) is 11.5 Å². The number of nitrogens with zero attached hydrogens (tertiary/aromatic N) is 1. The van der Waals surface area contributed by atoms with Gasteiger partial charge in [-0.3, -0.25) is 4.90 Å². The number of rotatable bonds is 4. The summed E-state index contributed by atoms with van der Waals surface area (Å²) in [5, 5.41) is 0. The molecule has 0 N–H and O–H groups in total. The van der Waals surface area contributed by atoms with Crippen LogP contribution < -0.4 is 9.47 Å². The van der Waals surface area contributed by atoms with Crippen LogP contribution >= 0.6 is 0 Å². The number of aryl methyl sites for hydroxylation is 1. The van der Waals surface area contributed by atoms with E-state index < -0.39 is 0 Å². The van der Waals surface area contributed by atoms with Gasteiger partial charge >= 0.3 is 0 Å². The molecule has 0 radical (unpaired) electrons. The Morgan fingerprint density at radius 1 is 1.19 bits per heavy atom. The summed E-state index contributed by atoms with van der Waals surface area (Å²) in [7, 11) is 1.69. The molecule has 0 spiro atoms. The van der Waals surface area contributed by atoms with E-state index in [1.807, 2.05) is 6.07 Å². The molecular weight excluding hydrogens is 262 g/mol. The van der Waals surface area contributed by atoms with Crippen molar-refractivity contribution in [3.8, 4) is 11.5 Å². The van der Waals surface area contributed by atoms with Gasteiger partial charge in [0.15, 0.2) is 11.5 Å². The Kier molecular flexibility index (Phi) is 4.11. The maximum atomic E-state index is 5.90. The molecule has 3 rings (SSSR count). The summed E-state index contributed by atoms with van der Waals surface area (Å²) in [4.78, 5) is 2.33. The van der Waals surface area contributed by atoms with Crippen LogP contribution in [0.3, 0.4) is 0 Å². The molecule has 3 nitrogen and oxygen atoms in total. The second-order valence-corrected chi connectivity index (χ2v) is 5.52. The Balaban J connectivity index is 1.68. The van der Waals surface area contributed by atoms with Gasteiger partial charge in [-0.1, -0.05) is 36.4 Å². The molecular formula is C18H21NO2. The van der Waals surface area contributed by atoms with Gasteiger partial charge in [-0.25, -0.2) is 0 Å². The molecule has 0 aromatic heterocycles.